The topological polar surface area (TPSA) is 66.8 Å². The maximum absolute atomic E-state index is 10.3. The molecule has 0 unspecified atom stereocenters. The van der Waals surface area contributed by atoms with E-state index >= 15 is 0 Å². The van der Waals surface area contributed by atoms with Crippen molar-refractivity contribution in [1.82, 2.24) is 0 Å². The van der Waals surface area contributed by atoms with Crippen LogP contribution in [0, 0.1) is 0 Å². The summed E-state index contributed by atoms with van der Waals surface area (Å²) in [6.07, 6.45) is 0. The van der Waals surface area contributed by atoms with E-state index in [-0.39, 0.29) is 26.0 Å². The molecule has 12 heavy (non-hydrogen) atoms. The Kier molecular flexibility index (Phi) is 4.62. The van der Waals surface area contributed by atoms with Crippen LogP contribution in [-0.2, 0) is 4.57 Å². The second-order valence-corrected chi connectivity index (χ2v) is 3.06. The van der Waals surface area contributed by atoms with Gasteiger partial charge < -0.3 is 5.95 Å². The quantitative estimate of drug-likeness (QED) is 0.421. The summed E-state index contributed by atoms with van der Waals surface area (Å²) >= 11 is 0. The van der Waals surface area contributed by atoms with E-state index in [0.29, 0.717) is 0 Å². The van der Waals surface area contributed by atoms with E-state index in [1.165, 1.54) is 12.1 Å². The molecule has 62 valence electrons. The molecule has 0 amide bonds. The number of para-hydroxylation sites is 1. The molecule has 0 saturated carbocycles. The molecular weight excluding hydrogens is 174 g/mol. The molecule has 1 aromatic carbocycles. The molecule has 0 aromatic heterocycles. The number of benzene rings is 1. The fraction of sp³-hybridized carbons (Fsp3) is 0. The van der Waals surface area contributed by atoms with Gasteiger partial charge >= 0.3 is 26.7 Å². The van der Waals surface area contributed by atoms with Crippen LogP contribution in [0.5, 0.6) is 5.75 Å². The minimum Gasteiger partial charge on any atom is -1.00 e. The van der Waals surface area contributed by atoms with Gasteiger partial charge in [0.05, 0.1) is 0 Å². The monoisotopic (exact) mass is 182 g/mol. The summed E-state index contributed by atoms with van der Waals surface area (Å²) in [6.45, 7) is 0. The van der Waals surface area contributed by atoms with Crippen molar-refractivity contribution in [2.45, 2.75) is 0 Å². The molecule has 2 N–H and O–H groups in total. The second-order valence-electron chi connectivity index (χ2n) is 1.89. The standard InChI is InChI=1S/C6H7O4P.Li.H/c7-11(8,9)10-6-4-2-1-3-5-6;;/h1-5H,(H2,7,8,9);;/q;+1;-1. The summed E-state index contributed by atoms with van der Waals surface area (Å²) in [5, 5.41) is 0. The first-order valence-electron chi connectivity index (χ1n) is 2.88. The van der Waals surface area contributed by atoms with Gasteiger partial charge in [0.2, 0.25) is 0 Å². The van der Waals surface area contributed by atoms with E-state index in [2.05, 4.69) is 4.52 Å². The average Bonchev–Trinajstić information content (AvgIpc) is 1.85. The SMILES string of the molecule is O=P(O)(O)Oc1ccccc1.[H-].[Li+]. The average molecular weight is 182 g/mol. The third-order valence-electron chi connectivity index (χ3n) is 0.968. The summed E-state index contributed by atoms with van der Waals surface area (Å²) in [4.78, 5) is 16.7. The Morgan fingerprint density at radius 2 is 1.75 bits per heavy atom. The number of phosphoric ester groups is 1. The Balaban J connectivity index is 0. The van der Waals surface area contributed by atoms with Gasteiger partial charge in [-0.15, -0.1) is 0 Å². The molecule has 0 aliphatic rings. The molecule has 0 heterocycles. The van der Waals surface area contributed by atoms with Gasteiger partial charge in [-0.3, -0.25) is 9.79 Å². The molecule has 6 heteroatoms. The van der Waals surface area contributed by atoms with Crippen molar-refractivity contribution in [3.8, 4) is 5.75 Å². The first kappa shape index (κ1) is 11.8. The largest absolute Gasteiger partial charge is 1.00 e. The zero-order chi connectivity index (χ0) is 8.32. The number of phosphoric acid groups is 1. The van der Waals surface area contributed by atoms with Gasteiger partial charge in [-0.25, -0.2) is 4.57 Å². The van der Waals surface area contributed by atoms with E-state index in [1.54, 1.807) is 18.2 Å². The van der Waals surface area contributed by atoms with Crippen LogP contribution in [-0.4, -0.2) is 9.79 Å². The zero-order valence-corrected chi connectivity index (χ0v) is 7.44. The molecule has 0 atom stereocenters. The van der Waals surface area contributed by atoms with Crippen molar-refractivity contribution in [2.75, 3.05) is 0 Å². The summed E-state index contributed by atoms with van der Waals surface area (Å²) in [6, 6.07) is 7.93. The van der Waals surface area contributed by atoms with E-state index in [1.807, 2.05) is 0 Å². The Labute approximate surface area is 83.5 Å². The van der Waals surface area contributed by atoms with Gasteiger partial charge in [0.25, 0.3) is 0 Å². The number of rotatable bonds is 2. The molecule has 0 bridgehead atoms. The van der Waals surface area contributed by atoms with Crippen LogP contribution in [0.15, 0.2) is 30.3 Å². The second kappa shape index (κ2) is 4.71. The minimum absolute atomic E-state index is 0. The molecule has 1 rings (SSSR count). The third-order valence-corrected chi connectivity index (χ3v) is 1.42. The first-order valence-corrected chi connectivity index (χ1v) is 4.41. The van der Waals surface area contributed by atoms with E-state index in [4.69, 9.17) is 9.79 Å². The van der Waals surface area contributed by atoms with Crippen molar-refractivity contribution in [3.63, 3.8) is 0 Å². The van der Waals surface area contributed by atoms with Crippen molar-refractivity contribution in [1.29, 1.82) is 0 Å². The van der Waals surface area contributed by atoms with Gasteiger partial charge in [-0.2, -0.15) is 0 Å². The first-order chi connectivity index (χ1) is 5.08. The number of hydrogen-bond acceptors (Lipinski definition) is 2. The Morgan fingerprint density at radius 3 is 2.17 bits per heavy atom. The van der Waals surface area contributed by atoms with Crippen LogP contribution >= 0.6 is 7.82 Å². The summed E-state index contributed by atoms with van der Waals surface area (Å²) in [7, 11) is -4.39. The van der Waals surface area contributed by atoms with Crippen molar-refractivity contribution in [2.24, 2.45) is 0 Å². The summed E-state index contributed by atoms with van der Waals surface area (Å²) in [5.41, 5.74) is 0. The van der Waals surface area contributed by atoms with E-state index < -0.39 is 7.82 Å². The molecule has 0 radical (unpaired) electrons. The van der Waals surface area contributed by atoms with Crippen LogP contribution in [0.1, 0.15) is 1.43 Å². The Bertz CT molecular complexity index is 275. The maximum atomic E-state index is 10.3. The molecule has 1 aromatic rings. The predicted octanol–water partition coefficient (Wildman–Crippen LogP) is -1.73. The Morgan fingerprint density at radius 1 is 1.25 bits per heavy atom. The van der Waals surface area contributed by atoms with E-state index in [9.17, 15) is 4.57 Å². The molecular formula is C6H8LiO4P. The molecule has 4 nitrogen and oxygen atoms in total. The summed E-state index contributed by atoms with van der Waals surface area (Å²) in [5.74, 6) is 0.167. The molecule has 0 aliphatic heterocycles. The van der Waals surface area contributed by atoms with Crippen LogP contribution in [0.4, 0.5) is 0 Å². The third kappa shape index (κ3) is 4.61. The number of hydrogen-bond donors (Lipinski definition) is 2. The normalized spacial score (nSPS) is 10.2. The Hall–Kier alpha value is -0.233. The fourth-order valence-electron chi connectivity index (χ4n) is 0.619. The summed E-state index contributed by atoms with van der Waals surface area (Å²) < 4.78 is 14.5. The van der Waals surface area contributed by atoms with Gasteiger partial charge in [0, 0.05) is 0 Å². The molecule has 0 spiro atoms. The van der Waals surface area contributed by atoms with Gasteiger partial charge in [-0.1, -0.05) is 18.2 Å². The molecule has 0 aliphatic carbocycles. The van der Waals surface area contributed by atoms with Crippen molar-refractivity contribution < 1.29 is 39.2 Å². The van der Waals surface area contributed by atoms with Crippen molar-refractivity contribution in [3.05, 3.63) is 30.3 Å². The van der Waals surface area contributed by atoms with Gasteiger partial charge in [-0.05, 0) is 12.1 Å². The molecule has 0 saturated heterocycles. The van der Waals surface area contributed by atoms with Crippen LogP contribution < -0.4 is 23.4 Å². The van der Waals surface area contributed by atoms with Crippen molar-refractivity contribution >= 4 is 7.82 Å². The zero-order valence-electron chi connectivity index (χ0n) is 7.54. The molecule has 0 fully saturated rings. The van der Waals surface area contributed by atoms with Crippen LogP contribution in [0.25, 0.3) is 0 Å². The maximum Gasteiger partial charge on any atom is 1.00 e. The fourth-order valence-corrected chi connectivity index (χ4v) is 1.02. The van der Waals surface area contributed by atoms with Crippen LogP contribution in [0.3, 0.4) is 0 Å². The van der Waals surface area contributed by atoms with Crippen LogP contribution in [0.2, 0.25) is 0 Å². The minimum atomic E-state index is -4.39. The van der Waals surface area contributed by atoms with E-state index in [0.717, 1.165) is 0 Å². The predicted molar refractivity (Wildman–Crippen MR) is 40.2 cm³/mol. The van der Waals surface area contributed by atoms with Gasteiger partial charge in [0.1, 0.15) is 5.75 Å². The van der Waals surface area contributed by atoms with Gasteiger partial charge in [0.15, 0.2) is 0 Å². The smallest absolute Gasteiger partial charge is 1.00 e.